The molecule has 3 rings (SSSR count). The number of ketones is 1. The Morgan fingerprint density at radius 1 is 1.31 bits per heavy atom. The molecule has 1 spiro atoms. The quantitative estimate of drug-likeness (QED) is 0.592. The van der Waals surface area contributed by atoms with Crippen LogP contribution in [-0.2, 0) is 21.8 Å². The minimum absolute atomic E-state index is 0.0749. The van der Waals surface area contributed by atoms with E-state index in [1.807, 2.05) is 0 Å². The van der Waals surface area contributed by atoms with Gasteiger partial charge in [-0.3, -0.25) is 9.59 Å². The van der Waals surface area contributed by atoms with Crippen molar-refractivity contribution in [2.45, 2.75) is 71.0 Å². The van der Waals surface area contributed by atoms with Gasteiger partial charge in [-0.2, -0.15) is 0 Å². The molecule has 1 aromatic heterocycles. The molecule has 1 saturated heterocycles. The number of fused-ring (bicyclic) bond motifs is 2. The van der Waals surface area contributed by atoms with E-state index in [0.717, 1.165) is 0 Å². The summed E-state index contributed by atoms with van der Waals surface area (Å²) in [4.78, 5) is 25.9. The molecule has 0 aromatic carbocycles. The number of ether oxygens (including phenoxy) is 2. The van der Waals surface area contributed by atoms with Crippen molar-refractivity contribution in [2.75, 3.05) is 13.2 Å². The van der Waals surface area contributed by atoms with Gasteiger partial charge >= 0.3 is 0 Å². The lowest BCUT2D eigenvalue weighted by Gasteiger charge is -2.36. The number of Topliss-reactive ketones (excluding diaryl/α,β-unsaturated/α-hetero) is 1. The summed E-state index contributed by atoms with van der Waals surface area (Å²) in [5.74, 6) is -0.793. The molecule has 2 aliphatic rings. The van der Waals surface area contributed by atoms with Gasteiger partial charge in [0, 0.05) is 19.4 Å². The first kappa shape index (κ1) is 19.3. The highest BCUT2D eigenvalue weighted by Gasteiger charge is 2.47. The van der Waals surface area contributed by atoms with Crippen molar-refractivity contribution in [3.8, 4) is 5.75 Å². The second-order valence-corrected chi connectivity index (χ2v) is 13.3. The topological polar surface area (TPSA) is 66.8 Å². The summed E-state index contributed by atoms with van der Waals surface area (Å²) in [7, 11) is -2.27. The number of rotatable bonds is 4. The number of carbonyl (C=O) groups is 1. The number of aromatic nitrogens is 1. The first-order valence-electron chi connectivity index (χ1n) is 9.31. The molecule has 0 unspecified atom stereocenters. The standard InChI is InChI=1S/C19H29NO5Si/c1-7-14(21)13-12-15-19(23-10-11-24-19)8-9-20(15)17(22)16(13)25-26(5,6)18(2,3)4/h12H,7-11H2,1-6H3. The van der Waals surface area contributed by atoms with Crippen LogP contribution in [0.2, 0.25) is 18.1 Å². The summed E-state index contributed by atoms with van der Waals surface area (Å²) in [6.07, 6.45) is 0.886. The third-order valence-electron chi connectivity index (χ3n) is 5.85. The van der Waals surface area contributed by atoms with E-state index in [-0.39, 0.29) is 22.1 Å². The Hall–Kier alpha value is -1.44. The highest BCUT2D eigenvalue weighted by Crippen LogP contribution is 2.42. The van der Waals surface area contributed by atoms with Crippen molar-refractivity contribution in [1.82, 2.24) is 4.57 Å². The molecule has 26 heavy (non-hydrogen) atoms. The molecule has 144 valence electrons. The van der Waals surface area contributed by atoms with Crippen molar-refractivity contribution in [3.63, 3.8) is 0 Å². The molecule has 0 bridgehead atoms. The van der Waals surface area contributed by atoms with Crippen LogP contribution in [0.3, 0.4) is 0 Å². The third-order valence-corrected chi connectivity index (χ3v) is 10.2. The SMILES string of the molecule is CCC(=O)c1cc2n(c(=O)c1O[Si](C)(C)C(C)(C)C)CCC21OCCO1. The molecule has 0 amide bonds. The Morgan fingerprint density at radius 2 is 1.92 bits per heavy atom. The van der Waals surface area contributed by atoms with Gasteiger partial charge in [-0.1, -0.05) is 27.7 Å². The second kappa shape index (κ2) is 6.32. The molecular formula is C19H29NO5Si. The molecule has 0 aliphatic carbocycles. The fraction of sp³-hybridized carbons (Fsp3) is 0.684. The molecular weight excluding hydrogens is 350 g/mol. The van der Waals surface area contributed by atoms with E-state index in [0.29, 0.717) is 43.9 Å². The van der Waals surface area contributed by atoms with Crippen LogP contribution in [-0.4, -0.2) is 31.9 Å². The molecule has 0 radical (unpaired) electrons. The first-order valence-corrected chi connectivity index (χ1v) is 12.2. The monoisotopic (exact) mass is 379 g/mol. The number of pyridine rings is 1. The average molecular weight is 380 g/mol. The average Bonchev–Trinajstić information content (AvgIpc) is 3.17. The summed E-state index contributed by atoms with van der Waals surface area (Å²) in [6.45, 7) is 13.8. The van der Waals surface area contributed by atoms with E-state index in [2.05, 4.69) is 33.9 Å². The maximum absolute atomic E-state index is 13.2. The van der Waals surface area contributed by atoms with Crippen LogP contribution in [0, 0.1) is 0 Å². The number of hydrogen-bond donors (Lipinski definition) is 0. The van der Waals surface area contributed by atoms with Crippen LogP contribution in [0.5, 0.6) is 5.75 Å². The predicted molar refractivity (Wildman–Crippen MR) is 101 cm³/mol. The molecule has 0 atom stereocenters. The largest absolute Gasteiger partial charge is 0.539 e. The molecule has 1 fully saturated rings. The van der Waals surface area contributed by atoms with Crippen LogP contribution in [0.15, 0.2) is 10.9 Å². The van der Waals surface area contributed by atoms with Crippen LogP contribution in [0.1, 0.15) is 56.6 Å². The van der Waals surface area contributed by atoms with Crippen molar-refractivity contribution >= 4 is 14.1 Å². The van der Waals surface area contributed by atoms with E-state index >= 15 is 0 Å². The summed E-state index contributed by atoms with van der Waals surface area (Å²) in [5, 5.41) is -0.0749. The number of hydrogen-bond acceptors (Lipinski definition) is 5. The molecule has 1 aromatic rings. The van der Waals surface area contributed by atoms with Crippen molar-refractivity contribution in [1.29, 1.82) is 0 Å². The molecule has 6 nitrogen and oxygen atoms in total. The Bertz CT molecular complexity index is 784. The summed E-state index contributed by atoms with van der Waals surface area (Å²) < 4.78 is 19.6. The maximum atomic E-state index is 13.2. The van der Waals surface area contributed by atoms with Crippen LogP contribution in [0.4, 0.5) is 0 Å². The molecule has 0 saturated carbocycles. The second-order valence-electron chi connectivity index (χ2n) is 8.57. The van der Waals surface area contributed by atoms with E-state index < -0.39 is 14.1 Å². The number of carbonyl (C=O) groups excluding carboxylic acids is 1. The summed E-state index contributed by atoms with van der Waals surface area (Å²) in [5.41, 5.74) is 0.744. The fourth-order valence-corrected chi connectivity index (χ4v) is 4.22. The zero-order chi connectivity index (χ0) is 19.3. The van der Waals surface area contributed by atoms with Gasteiger partial charge in [-0.15, -0.1) is 0 Å². The van der Waals surface area contributed by atoms with Crippen molar-refractivity contribution in [2.24, 2.45) is 0 Å². The van der Waals surface area contributed by atoms with Crippen molar-refractivity contribution in [3.05, 3.63) is 27.7 Å². The molecule has 7 heteroatoms. The van der Waals surface area contributed by atoms with Gasteiger partial charge in [0.1, 0.15) is 0 Å². The Balaban J connectivity index is 2.17. The van der Waals surface area contributed by atoms with Crippen LogP contribution < -0.4 is 9.99 Å². The van der Waals surface area contributed by atoms with Gasteiger partial charge in [0.05, 0.1) is 24.5 Å². The van der Waals surface area contributed by atoms with Gasteiger partial charge in [-0.05, 0) is 24.2 Å². The molecule has 3 heterocycles. The number of nitrogens with zero attached hydrogens (tertiary/aromatic N) is 1. The normalized spacial score (nSPS) is 19.0. The maximum Gasteiger partial charge on any atom is 0.292 e. The Morgan fingerprint density at radius 3 is 2.46 bits per heavy atom. The fourth-order valence-electron chi connectivity index (χ4n) is 3.20. The van der Waals surface area contributed by atoms with E-state index in [9.17, 15) is 9.59 Å². The third kappa shape index (κ3) is 2.96. The van der Waals surface area contributed by atoms with E-state index in [1.54, 1.807) is 17.6 Å². The van der Waals surface area contributed by atoms with Gasteiger partial charge in [0.2, 0.25) is 5.79 Å². The first-order chi connectivity index (χ1) is 12.0. The van der Waals surface area contributed by atoms with E-state index in [4.69, 9.17) is 13.9 Å². The van der Waals surface area contributed by atoms with Crippen LogP contribution >= 0.6 is 0 Å². The molecule has 2 aliphatic heterocycles. The smallest absolute Gasteiger partial charge is 0.292 e. The van der Waals surface area contributed by atoms with E-state index in [1.165, 1.54) is 0 Å². The predicted octanol–water partition coefficient (Wildman–Crippen LogP) is 3.43. The van der Waals surface area contributed by atoms with Crippen molar-refractivity contribution < 1.29 is 18.7 Å². The van der Waals surface area contributed by atoms with Gasteiger partial charge in [0.25, 0.3) is 13.9 Å². The zero-order valence-corrected chi connectivity index (χ0v) is 17.6. The minimum Gasteiger partial charge on any atom is -0.539 e. The van der Waals surface area contributed by atoms with Crippen LogP contribution in [0.25, 0.3) is 0 Å². The van der Waals surface area contributed by atoms with Gasteiger partial charge < -0.3 is 18.5 Å². The molecule has 0 N–H and O–H groups in total. The highest BCUT2D eigenvalue weighted by molar-refractivity contribution is 6.74. The Labute approximate surface area is 155 Å². The van der Waals surface area contributed by atoms with Gasteiger partial charge in [-0.25, -0.2) is 0 Å². The Kier molecular flexibility index (Phi) is 4.70. The summed E-state index contributed by atoms with van der Waals surface area (Å²) in [6, 6.07) is 1.76. The lowest BCUT2D eigenvalue weighted by atomic mass is 10.1. The zero-order valence-electron chi connectivity index (χ0n) is 16.6. The summed E-state index contributed by atoms with van der Waals surface area (Å²) >= 11 is 0. The van der Waals surface area contributed by atoms with Gasteiger partial charge in [0.15, 0.2) is 11.5 Å². The minimum atomic E-state index is -2.27. The lowest BCUT2D eigenvalue weighted by Crippen LogP contribution is -2.46. The highest BCUT2D eigenvalue weighted by atomic mass is 28.4. The lowest BCUT2D eigenvalue weighted by molar-refractivity contribution is -0.163.